The molecule has 0 saturated heterocycles. The van der Waals surface area contributed by atoms with Gasteiger partial charge in [-0.15, -0.1) is 0 Å². The van der Waals surface area contributed by atoms with Crippen LogP contribution < -0.4 is 5.73 Å². The van der Waals surface area contributed by atoms with E-state index in [9.17, 15) is 5.11 Å². The summed E-state index contributed by atoms with van der Waals surface area (Å²) in [7, 11) is 0. The fourth-order valence-corrected chi connectivity index (χ4v) is 2.46. The Labute approximate surface area is 118 Å². The summed E-state index contributed by atoms with van der Waals surface area (Å²) >= 11 is 5.99. The standard InChI is InChI=1S/C14H20ClN3O/c1-2-3-4-11(16)14-17-12-9-10(15)5-6-13(12)18(14)7-8-19/h5-6,9,11,19H,2-4,7-8,16H2,1H3. The molecule has 4 nitrogen and oxygen atoms in total. The summed E-state index contributed by atoms with van der Waals surface area (Å²) < 4.78 is 1.99. The highest BCUT2D eigenvalue weighted by Gasteiger charge is 2.16. The molecule has 0 bridgehead atoms. The van der Waals surface area contributed by atoms with E-state index >= 15 is 0 Å². The Morgan fingerprint density at radius 3 is 2.95 bits per heavy atom. The van der Waals surface area contributed by atoms with Crippen LogP contribution in [0.4, 0.5) is 0 Å². The maximum Gasteiger partial charge on any atom is 0.126 e. The first kappa shape index (κ1) is 14.3. The van der Waals surface area contributed by atoms with E-state index in [2.05, 4.69) is 11.9 Å². The number of aliphatic hydroxyl groups excluding tert-OH is 1. The van der Waals surface area contributed by atoms with Gasteiger partial charge in [0.1, 0.15) is 5.82 Å². The highest BCUT2D eigenvalue weighted by Crippen LogP contribution is 2.24. The number of hydrogen-bond acceptors (Lipinski definition) is 3. The van der Waals surface area contributed by atoms with Crippen molar-refractivity contribution >= 4 is 22.6 Å². The second kappa shape index (κ2) is 6.37. The number of hydrogen-bond donors (Lipinski definition) is 2. The summed E-state index contributed by atoms with van der Waals surface area (Å²) in [6, 6.07) is 5.50. The lowest BCUT2D eigenvalue weighted by molar-refractivity contribution is 0.274. The molecule has 1 aromatic heterocycles. The molecule has 1 atom stereocenters. The molecule has 0 fully saturated rings. The Kier molecular flexibility index (Phi) is 4.80. The van der Waals surface area contributed by atoms with Crippen molar-refractivity contribution in [3.63, 3.8) is 0 Å². The van der Waals surface area contributed by atoms with Crippen molar-refractivity contribution in [2.24, 2.45) is 5.73 Å². The predicted octanol–water partition coefficient (Wildman–Crippen LogP) is 2.87. The van der Waals surface area contributed by atoms with Gasteiger partial charge in [0, 0.05) is 11.6 Å². The van der Waals surface area contributed by atoms with E-state index in [1.54, 1.807) is 0 Å². The fourth-order valence-electron chi connectivity index (χ4n) is 2.29. The van der Waals surface area contributed by atoms with Crippen molar-refractivity contribution in [1.82, 2.24) is 9.55 Å². The first-order valence-electron chi connectivity index (χ1n) is 6.69. The van der Waals surface area contributed by atoms with Crippen molar-refractivity contribution in [3.8, 4) is 0 Å². The van der Waals surface area contributed by atoms with Crippen LogP contribution in [0.1, 0.15) is 38.1 Å². The molecule has 0 spiro atoms. The zero-order valence-corrected chi connectivity index (χ0v) is 11.9. The molecule has 1 heterocycles. The van der Waals surface area contributed by atoms with Crippen LogP contribution in [-0.4, -0.2) is 21.3 Å². The van der Waals surface area contributed by atoms with Crippen molar-refractivity contribution < 1.29 is 5.11 Å². The summed E-state index contributed by atoms with van der Waals surface area (Å²) in [6.45, 7) is 2.72. The van der Waals surface area contributed by atoms with Crippen molar-refractivity contribution in [1.29, 1.82) is 0 Å². The van der Waals surface area contributed by atoms with Gasteiger partial charge in [0.25, 0.3) is 0 Å². The lowest BCUT2D eigenvalue weighted by Gasteiger charge is -2.13. The Bertz CT molecular complexity index is 553. The largest absolute Gasteiger partial charge is 0.395 e. The number of rotatable bonds is 6. The molecule has 2 rings (SSSR count). The minimum absolute atomic E-state index is 0.0710. The molecular formula is C14H20ClN3O. The summed E-state index contributed by atoms with van der Waals surface area (Å²) in [6.07, 6.45) is 3.09. The third-order valence-electron chi connectivity index (χ3n) is 3.26. The van der Waals surface area contributed by atoms with Gasteiger partial charge in [-0.1, -0.05) is 31.4 Å². The van der Waals surface area contributed by atoms with Crippen LogP contribution in [0.3, 0.4) is 0 Å². The zero-order chi connectivity index (χ0) is 13.8. The van der Waals surface area contributed by atoms with Gasteiger partial charge in [-0.25, -0.2) is 4.98 Å². The van der Waals surface area contributed by atoms with Gasteiger partial charge in [-0.3, -0.25) is 0 Å². The van der Waals surface area contributed by atoms with E-state index in [-0.39, 0.29) is 12.6 Å². The lowest BCUT2D eigenvalue weighted by atomic mass is 10.1. The highest BCUT2D eigenvalue weighted by atomic mass is 35.5. The molecule has 1 aromatic carbocycles. The Morgan fingerprint density at radius 2 is 2.26 bits per heavy atom. The molecule has 104 valence electrons. The van der Waals surface area contributed by atoms with E-state index in [1.165, 1.54) is 0 Å². The molecule has 0 saturated carbocycles. The van der Waals surface area contributed by atoms with Crippen LogP contribution in [0, 0.1) is 0 Å². The second-order valence-corrected chi connectivity index (χ2v) is 5.16. The second-order valence-electron chi connectivity index (χ2n) is 4.73. The number of nitrogens with zero attached hydrogens (tertiary/aromatic N) is 2. The van der Waals surface area contributed by atoms with Gasteiger partial charge in [0.05, 0.1) is 23.7 Å². The van der Waals surface area contributed by atoms with E-state index < -0.39 is 0 Å². The van der Waals surface area contributed by atoms with Gasteiger partial charge in [-0.2, -0.15) is 0 Å². The minimum Gasteiger partial charge on any atom is -0.395 e. The van der Waals surface area contributed by atoms with Gasteiger partial charge in [0.2, 0.25) is 0 Å². The maximum atomic E-state index is 9.22. The average molecular weight is 282 g/mol. The first-order valence-corrected chi connectivity index (χ1v) is 7.07. The molecule has 0 radical (unpaired) electrons. The highest BCUT2D eigenvalue weighted by molar-refractivity contribution is 6.31. The molecule has 0 aliphatic carbocycles. The lowest BCUT2D eigenvalue weighted by Crippen LogP contribution is -2.17. The molecule has 1 unspecified atom stereocenters. The SMILES string of the molecule is CCCCC(N)c1nc2cc(Cl)ccc2n1CCO. The number of halogens is 1. The monoisotopic (exact) mass is 281 g/mol. The fraction of sp³-hybridized carbons (Fsp3) is 0.500. The average Bonchev–Trinajstić information content (AvgIpc) is 2.74. The number of aliphatic hydroxyl groups is 1. The summed E-state index contributed by atoms with van der Waals surface area (Å²) in [5.41, 5.74) is 8.02. The molecular weight excluding hydrogens is 262 g/mol. The number of aromatic nitrogens is 2. The number of benzene rings is 1. The predicted molar refractivity (Wildman–Crippen MR) is 78.3 cm³/mol. The van der Waals surface area contributed by atoms with Gasteiger partial charge < -0.3 is 15.4 Å². The zero-order valence-electron chi connectivity index (χ0n) is 11.1. The van der Waals surface area contributed by atoms with Crippen LogP contribution in [0.2, 0.25) is 5.02 Å². The molecule has 0 aliphatic rings. The van der Waals surface area contributed by atoms with E-state index in [4.69, 9.17) is 17.3 Å². The van der Waals surface area contributed by atoms with Crippen LogP contribution in [0.25, 0.3) is 11.0 Å². The molecule has 19 heavy (non-hydrogen) atoms. The molecule has 5 heteroatoms. The number of fused-ring (bicyclic) bond motifs is 1. The smallest absolute Gasteiger partial charge is 0.126 e. The number of imidazole rings is 1. The number of nitrogens with two attached hydrogens (primary N) is 1. The van der Waals surface area contributed by atoms with Crippen LogP contribution in [-0.2, 0) is 6.54 Å². The minimum atomic E-state index is -0.0994. The number of unbranched alkanes of at least 4 members (excludes halogenated alkanes) is 1. The molecule has 0 aliphatic heterocycles. The van der Waals surface area contributed by atoms with Crippen molar-refractivity contribution in [2.75, 3.05) is 6.61 Å². The Morgan fingerprint density at radius 1 is 1.47 bits per heavy atom. The normalized spacial score (nSPS) is 13.1. The van der Waals surface area contributed by atoms with Crippen LogP contribution >= 0.6 is 11.6 Å². The molecule has 2 aromatic rings. The third-order valence-corrected chi connectivity index (χ3v) is 3.50. The van der Waals surface area contributed by atoms with Crippen LogP contribution in [0.5, 0.6) is 0 Å². The topological polar surface area (TPSA) is 64.1 Å². The molecule has 0 amide bonds. The maximum absolute atomic E-state index is 9.22. The van der Waals surface area contributed by atoms with Gasteiger partial charge >= 0.3 is 0 Å². The first-order chi connectivity index (χ1) is 9.17. The Hall–Kier alpha value is -1.10. The van der Waals surface area contributed by atoms with E-state index in [1.807, 2.05) is 22.8 Å². The molecule has 3 N–H and O–H groups in total. The summed E-state index contributed by atoms with van der Waals surface area (Å²) in [4.78, 5) is 4.59. The van der Waals surface area contributed by atoms with Gasteiger partial charge in [0.15, 0.2) is 0 Å². The van der Waals surface area contributed by atoms with Gasteiger partial charge in [-0.05, 0) is 24.6 Å². The van der Waals surface area contributed by atoms with Crippen LogP contribution in [0.15, 0.2) is 18.2 Å². The summed E-state index contributed by atoms with van der Waals surface area (Å²) in [5, 5.41) is 9.88. The quantitative estimate of drug-likeness (QED) is 0.856. The van der Waals surface area contributed by atoms with Crippen molar-refractivity contribution in [3.05, 3.63) is 29.0 Å². The third kappa shape index (κ3) is 3.08. The van der Waals surface area contributed by atoms with E-state index in [0.29, 0.717) is 11.6 Å². The van der Waals surface area contributed by atoms with Crippen molar-refractivity contribution in [2.45, 2.75) is 38.8 Å². The Balaban J connectivity index is 2.43. The summed E-state index contributed by atoms with van der Waals surface area (Å²) in [5.74, 6) is 0.833. The van der Waals surface area contributed by atoms with E-state index in [0.717, 1.165) is 36.1 Å².